The van der Waals surface area contributed by atoms with E-state index < -0.39 is 5.97 Å². The fourth-order valence-corrected chi connectivity index (χ4v) is 2.94. The van der Waals surface area contributed by atoms with E-state index in [1.807, 2.05) is 45.0 Å². The molecule has 0 aliphatic heterocycles. The molecule has 29 heavy (non-hydrogen) atoms. The van der Waals surface area contributed by atoms with Crippen LogP contribution in [0.2, 0.25) is 5.02 Å². The van der Waals surface area contributed by atoms with Crippen LogP contribution in [0.25, 0.3) is 5.69 Å². The average molecular weight is 412 g/mol. The van der Waals surface area contributed by atoms with Gasteiger partial charge in [0, 0.05) is 11.9 Å². The third-order valence-electron chi connectivity index (χ3n) is 4.36. The monoisotopic (exact) mass is 411 g/mol. The Bertz CT molecular complexity index is 1110. The lowest BCUT2D eigenvalue weighted by atomic mass is 10.2. The Morgan fingerprint density at radius 3 is 2.62 bits per heavy atom. The summed E-state index contributed by atoms with van der Waals surface area (Å²) in [6.07, 6.45) is 2.21. The maximum Gasteiger partial charge on any atom is 0.339 e. The van der Waals surface area contributed by atoms with Crippen LogP contribution in [0.5, 0.6) is 0 Å². The summed E-state index contributed by atoms with van der Waals surface area (Å²) < 4.78 is 6.62. The maximum absolute atomic E-state index is 12.8. The molecule has 0 saturated carbocycles. The first-order valence-electron chi connectivity index (χ1n) is 9.30. The Morgan fingerprint density at radius 2 is 1.93 bits per heavy atom. The Balaban J connectivity index is 1.90. The third kappa shape index (κ3) is 4.66. The van der Waals surface area contributed by atoms with Gasteiger partial charge >= 0.3 is 5.97 Å². The molecule has 0 fully saturated rings. The van der Waals surface area contributed by atoms with E-state index in [0.29, 0.717) is 28.6 Å². The second-order valence-electron chi connectivity index (χ2n) is 6.68. The standard InChI is InChI=1S/C22H22ClN3O3/c1-4-11-29-22(28)18-12-16(7-10-20(18)23)24-13-19-15(3)25-26(21(19)27)17-8-5-14(2)6-9-17/h5-10,12-13,25H,4,11H2,1-3H3. The van der Waals surface area contributed by atoms with Gasteiger partial charge in [-0.3, -0.25) is 14.9 Å². The molecule has 2 aromatic carbocycles. The molecule has 1 N–H and O–H groups in total. The topological polar surface area (TPSA) is 76.4 Å². The quantitative estimate of drug-likeness (QED) is 0.469. The average Bonchev–Trinajstić information content (AvgIpc) is 2.99. The first-order chi connectivity index (χ1) is 13.9. The van der Waals surface area contributed by atoms with E-state index in [4.69, 9.17) is 16.3 Å². The van der Waals surface area contributed by atoms with Crippen LogP contribution < -0.4 is 5.56 Å². The van der Waals surface area contributed by atoms with Crippen molar-refractivity contribution in [1.82, 2.24) is 9.78 Å². The van der Waals surface area contributed by atoms with E-state index >= 15 is 0 Å². The van der Waals surface area contributed by atoms with Crippen molar-refractivity contribution in [3.8, 4) is 5.69 Å². The van der Waals surface area contributed by atoms with Crippen LogP contribution in [-0.2, 0) is 4.74 Å². The summed E-state index contributed by atoms with van der Waals surface area (Å²) in [7, 11) is 0. The smallest absolute Gasteiger partial charge is 0.339 e. The molecule has 0 aliphatic rings. The Kier molecular flexibility index (Phi) is 6.34. The van der Waals surface area contributed by atoms with Crippen LogP contribution in [0.4, 0.5) is 5.69 Å². The normalized spacial score (nSPS) is 11.2. The van der Waals surface area contributed by atoms with E-state index in [2.05, 4.69) is 10.1 Å². The van der Waals surface area contributed by atoms with E-state index in [9.17, 15) is 9.59 Å². The van der Waals surface area contributed by atoms with E-state index in [0.717, 1.165) is 17.7 Å². The van der Waals surface area contributed by atoms with Crippen molar-refractivity contribution in [2.75, 3.05) is 6.61 Å². The van der Waals surface area contributed by atoms with E-state index in [1.54, 1.807) is 18.2 Å². The van der Waals surface area contributed by atoms with Gasteiger partial charge in [0.1, 0.15) is 0 Å². The van der Waals surface area contributed by atoms with E-state index in [1.165, 1.54) is 10.9 Å². The SMILES string of the molecule is CCCOC(=O)c1cc(N=Cc2c(C)[nH]n(-c3ccc(C)cc3)c2=O)ccc1Cl. The van der Waals surface area contributed by atoms with Crippen molar-refractivity contribution in [3.05, 3.63) is 80.2 Å². The molecule has 0 atom stereocenters. The highest BCUT2D eigenvalue weighted by Crippen LogP contribution is 2.23. The molecule has 0 aliphatic carbocycles. The molecular formula is C22H22ClN3O3. The summed E-state index contributed by atoms with van der Waals surface area (Å²) in [5.41, 5.74) is 3.54. The molecule has 0 spiro atoms. The number of benzene rings is 2. The highest BCUT2D eigenvalue weighted by Gasteiger charge is 2.13. The first kappa shape index (κ1) is 20.6. The van der Waals surface area contributed by atoms with Gasteiger partial charge in [-0.2, -0.15) is 0 Å². The molecule has 0 saturated heterocycles. The molecule has 0 bridgehead atoms. The summed E-state index contributed by atoms with van der Waals surface area (Å²) in [6.45, 7) is 6.04. The van der Waals surface area contributed by atoms with Gasteiger partial charge in [-0.15, -0.1) is 0 Å². The number of rotatable bonds is 6. The largest absolute Gasteiger partial charge is 0.462 e. The van der Waals surface area contributed by atoms with Crippen LogP contribution in [0.15, 0.2) is 52.3 Å². The molecule has 0 amide bonds. The molecule has 1 heterocycles. The predicted molar refractivity (Wildman–Crippen MR) is 115 cm³/mol. The minimum Gasteiger partial charge on any atom is -0.462 e. The minimum absolute atomic E-state index is 0.202. The van der Waals surface area contributed by atoms with Crippen LogP contribution in [-0.4, -0.2) is 28.6 Å². The van der Waals surface area contributed by atoms with Crippen molar-refractivity contribution in [2.45, 2.75) is 27.2 Å². The van der Waals surface area contributed by atoms with Gasteiger partial charge < -0.3 is 4.74 Å². The number of carbonyl (C=O) groups is 1. The zero-order chi connectivity index (χ0) is 21.0. The van der Waals surface area contributed by atoms with Gasteiger partial charge in [-0.25, -0.2) is 9.48 Å². The second-order valence-corrected chi connectivity index (χ2v) is 7.09. The molecule has 0 radical (unpaired) electrons. The number of esters is 1. The highest BCUT2D eigenvalue weighted by atomic mass is 35.5. The number of hydrogen-bond donors (Lipinski definition) is 1. The minimum atomic E-state index is -0.492. The molecule has 3 rings (SSSR count). The summed E-state index contributed by atoms with van der Waals surface area (Å²) in [5, 5.41) is 3.36. The van der Waals surface area contributed by atoms with Crippen LogP contribution in [0, 0.1) is 13.8 Å². The Labute approximate surface area is 173 Å². The van der Waals surface area contributed by atoms with Gasteiger partial charge in [0.2, 0.25) is 0 Å². The van der Waals surface area contributed by atoms with Gasteiger partial charge in [-0.1, -0.05) is 36.2 Å². The number of aromatic amines is 1. The molecule has 3 aromatic rings. The van der Waals surface area contributed by atoms with Crippen LogP contribution in [0.1, 0.15) is 40.5 Å². The summed E-state index contributed by atoms with van der Waals surface area (Å²) in [5.74, 6) is -0.492. The molecule has 150 valence electrons. The summed E-state index contributed by atoms with van der Waals surface area (Å²) in [6, 6.07) is 12.5. The number of aryl methyl sites for hydroxylation is 2. The fraction of sp³-hybridized carbons (Fsp3) is 0.227. The van der Waals surface area contributed by atoms with Crippen LogP contribution in [0.3, 0.4) is 0 Å². The zero-order valence-electron chi connectivity index (χ0n) is 16.5. The molecule has 0 unspecified atom stereocenters. The number of H-pyrrole nitrogens is 1. The van der Waals surface area contributed by atoms with Crippen LogP contribution >= 0.6 is 11.6 Å². The first-order valence-corrected chi connectivity index (χ1v) is 9.68. The number of hydrogen-bond acceptors (Lipinski definition) is 4. The molecular weight excluding hydrogens is 390 g/mol. The lowest BCUT2D eigenvalue weighted by Crippen LogP contribution is -2.17. The number of aromatic nitrogens is 2. The van der Waals surface area contributed by atoms with Crippen molar-refractivity contribution < 1.29 is 9.53 Å². The Morgan fingerprint density at radius 1 is 1.21 bits per heavy atom. The van der Waals surface area contributed by atoms with Crippen molar-refractivity contribution in [2.24, 2.45) is 4.99 Å². The van der Waals surface area contributed by atoms with Gasteiger partial charge in [0.05, 0.1) is 34.1 Å². The highest BCUT2D eigenvalue weighted by molar-refractivity contribution is 6.33. The van der Waals surface area contributed by atoms with Crippen molar-refractivity contribution in [1.29, 1.82) is 0 Å². The van der Waals surface area contributed by atoms with Crippen molar-refractivity contribution in [3.63, 3.8) is 0 Å². The lowest BCUT2D eigenvalue weighted by molar-refractivity contribution is 0.0505. The predicted octanol–water partition coefficient (Wildman–Crippen LogP) is 4.75. The molecule has 6 nitrogen and oxygen atoms in total. The molecule has 1 aromatic heterocycles. The maximum atomic E-state index is 12.8. The number of nitrogens with zero attached hydrogens (tertiary/aromatic N) is 2. The number of ether oxygens (including phenoxy) is 1. The van der Waals surface area contributed by atoms with Crippen molar-refractivity contribution >= 4 is 29.5 Å². The summed E-state index contributed by atoms with van der Waals surface area (Å²) in [4.78, 5) is 29.3. The second kappa shape index (κ2) is 8.92. The van der Waals surface area contributed by atoms with Gasteiger partial charge in [-0.05, 0) is 50.6 Å². The Hall–Kier alpha value is -3.12. The summed E-state index contributed by atoms with van der Waals surface area (Å²) >= 11 is 6.11. The van der Waals surface area contributed by atoms with E-state index in [-0.39, 0.29) is 11.1 Å². The fourth-order valence-electron chi connectivity index (χ4n) is 2.75. The molecule has 7 heteroatoms. The zero-order valence-corrected chi connectivity index (χ0v) is 17.3. The third-order valence-corrected chi connectivity index (χ3v) is 4.69. The lowest BCUT2D eigenvalue weighted by Gasteiger charge is -2.05. The number of nitrogens with one attached hydrogen (secondary N) is 1. The number of carbonyl (C=O) groups excluding carboxylic acids is 1. The number of aliphatic imine (C=N–C) groups is 1. The van der Waals surface area contributed by atoms with Gasteiger partial charge in [0.15, 0.2) is 0 Å². The number of halogens is 1. The van der Waals surface area contributed by atoms with Gasteiger partial charge in [0.25, 0.3) is 5.56 Å².